The van der Waals surface area contributed by atoms with E-state index in [-0.39, 0.29) is 24.4 Å². The second kappa shape index (κ2) is 7.81. The number of hydrogen-bond acceptors (Lipinski definition) is 3. The third-order valence-corrected chi connectivity index (χ3v) is 4.27. The van der Waals surface area contributed by atoms with Crippen LogP contribution in [0.3, 0.4) is 0 Å². The van der Waals surface area contributed by atoms with Crippen molar-refractivity contribution < 1.29 is 4.79 Å². The number of aromatic nitrogens is 2. The molecule has 1 amide bonds. The SMILES string of the molecule is CC1CCNCC1NC(=O)c1ccn(-c2cccc(Cl)c2)n1.Cl. The largest absolute Gasteiger partial charge is 0.346 e. The van der Waals surface area contributed by atoms with Crippen molar-refractivity contribution in [2.24, 2.45) is 5.92 Å². The van der Waals surface area contributed by atoms with Crippen LogP contribution in [0.15, 0.2) is 36.5 Å². The van der Waals surface area contributed by atoms with Crippen LogP contribution in [0.2, 0.25) is 5.02 Å². The summed E-state index contributed by atoms with van der Waals surface area (Å²) in [6, 6.07) is 9.24. The zero-order chi connectivity index (χ0) is 15.5. The summed E-state index contributed by atoms with van der Waals surface area (Å²) in [5.41, 5.74) is 1.25. The summed E-state index contributed by atoms with van der Waals surface area (Å²) < 4.78 is 1.66. The maximum Gasteiger partial charge on any atom is 0.272 e. The van der Waals surface area contributed by atoms with E-state index in [2.05, 4.69) is 22.7 Å². The van der Waals surface area contributed by atoms with Gasteiger partial charge in [-0.3, -0.25) is 4.79 Å². The molecule has 7 heteroatoms. The Morgan fingerprint density at radius 3 is 3.00 bits per heavy atom. The topological polar surface area (TPSA) is 58.9 Å². The number of hydrogen-bond donors (Lipinski definition) is 2. The molecule has 0 aliphatic carbocycles. The molecule has 0 radical (unpaired) electrons. The van der Waals surface area contributed by atoms with Crippen molar-refractivity contribution in [3.8, 4) is 5.69 Å². The van der Waals surface area contributed by atoms with Crippen molar-refractivity contribution in [1.29, 1.82) is 0 Å². The molecule has 0 bridgehead atoms. The fraction of sp³-hybridized carbons (Fsp3) is 0.375. The Balaban J connectivity index is 0.00000192. The first-order valence-corrected chi connectivity index (χ1v) is 7.84. The molecule has 2 N–H and O–H groups in total. The van der Waals surface area contributed by atoms with E-state index in [0.717, 1.165) is 25.2 Å². The van der Waals surface area contributed by atoms with Gasteiger partial charge in [0.1, 0.15) is 0 Å². The summed E-state index contributed by atoms with van der Waals surface area (Å²) in [6.45, 7) is 3.98. The lowest BCUT2D eigenvalue weighted by molar-refractivity contribution is 0.0909. The van der Waals surface area contributed by atoms with Crippen LogP contribution in [0, 0.1) is 5.92 Å². The van der Waals surface area contributed by atoms with Crippen molar-refractivity contribution in [3.63, 3.8) is 0 Å². The molecule has 1 aliphatic heterocycles. The molecule has 1 aromatic heterocycles. The van der Waals surface area contributed by atoms with E-state index in [1.807, 2.05) is 18.2 Å². The number of carbonyl (C=O) groups is 1. The molecular formula is C16H20Cl2N4O. The van der Waals surface area contributed by atoms with Gasteiger partial charge in [-0.15, -0.1) is 12.4 Å². The maximum atomic E-state index is 12.3. The Morgan fingerprint density at radius 1 is 1.43 bits per heavy atom. The van der Waals surface area contributed by atoms with Crippen LogP contribution in [-0.4, -0.2) is 34.8 Å². The van der Waals surface area contributed by atoms with E-state index < -0.39 is 0 Å². The lowest BCUT2D eigenvalue weighted by Crippen LogP contribution is -2.50. The van der Waals surface area contributed by atoms with E-state index >= 15 is 0 Å². The monoisotopic (exact) mass is 354 g/mol. The Hall–Kier alpha value is -1.56. The van der Waals surface area contributed by atoms with Gasteiger partial charge in [-0.25, -0.2) is 4.68 Å². The minimum absolute atomic E-state index is 0. The number of carbonyl (C=O) groups excluding carboxylic acids is 1. The van der Waals surface area contributed by atoms with E-state index in [1.54, 1.807) is 23.0 Å². The quantitative estimate of drug-likeness (QED) is 0.890. The molecule has 2 aromatic rings. The second-order valence-corrected chi connectivity index (χ2v) is 6.11. The molecule has 5 nitrogen and oxygen atoms in total. The van der Waals surface area contributed by atoms with Gasteiger partial charge in [-0.2, -0.15) is 5.10 Å². The van der Waals surface area contributed by atoms with Gasteiger partial charge in [0.25, 0.3) is 5.91 Å². The summed E-state index contributed by atoms with van der Waals surface area (Å²) in [5.74, 6) is 0.335. The lowest BCUT2D eigenvalue weighted by Gasteiger charge is -2.29. The summed E-state index contributed by atoms with van der Waals surface area (Å²) in [7, 11) is 0. The van der Waals surface area contributed by atoms with Gasteiger partial charge in [-0.1, -0.05) is 24.6 Å². The fourth-order valence-corrected chi connectivity index (χ4v) is 2.82. The predicted octanol–water partition coefficient (Wildman–Crippen LogP) is 2.68. The number of amides is 1. The summed E-state index contributed by atoms with van der Waals surface area (Å²) >= 11 is 5.98. The van der Waals surface area contributed by atoms with Crippen LogP contribution in [0.5, 0.6) is 0 Å². The van der Waals surface area contributed by atoms with E-state index in [4.69, 9.17) is 11.6 Å². The highest BCUT2D eigenvalue weighted by atomic mass is 35.5. The molecule has 3 rings (SSSR count). The van der Waals surface area contributed by atoms with Gasteiger partial charge < -0.3 is 10.6 Å². The average Bonchev–Trinajstić information content (AvgIpc) is 2.99. The number of rotatable bonds is 3. The molecule has 2 atom stereocenters. The molecule has 2 heterocycles. The second-order valence-electron chi connectivity index (χ2n) is 5.68. The van der Waals surface area contributed by atoms with Crippen molar-refractivity contribution in [2.45, 2.75) is 19.4 Å². The maximum absolute atomic E-state index is 12.3. The first-order valence-electron chi connectivity index (χ1n) is 7.46. The highest BCUT2D eigenvalue weighted by Crippen LogP contribution is 2.15. The summed E-state index contributed by atoms with van der Waals surface area (Å²) in [4.78, 5) is 12.3. The minimum atomic E-state index is -0.138. The van der Waals surface area contributed by atoms with Crippen LogP contribution in [-0.2, 0) is 0 Å². The van der Waals surface area contributed by atoms with E-state index in [9.17, 15) is 4.79 Å². The normalized spacial score (nSPS) is 20.6. The first-order chi connectivity index (χ1) is 10.6. The number of nitrogens with one attached hydrogen (secondary N) is 2. The number of nitrogens with zero attached hydrogens (tertiary/aromatic N) is 2. The van der Waals surface area contributed by atoms with Crippen molar-refractivity contribution >= 4 is 29.9 Å². The first kappa shape index (κ1) is 17.8. The molecule has 124 valence electrons. The third kappa shape index (κ3) is 4.25. The average molecular weight is 355 g/mol. The van der Waals surface area contributed by atoms with Crippen LogP contribution < -0.4 is 10.6 Å². The van der Waals surface area contributed by atoms with Crippen molar-refractivity contribution in [3.05, 3.63) is 47.2 Å². The van der Waals surface area contributed by atoms with Gasteiger partial charge in [0.15, 0.2) is 5.69 Å². The number of halogens is 2. The molecule has 0 spiro atoms. The Bertz CT molecular complexity index is 674. The smallest absolute Gasteiger partial charge is 0.272 e. The minimum Gasteiger partial charge on any atom is -0.346 e. The van der Waals surface area contributed by atoms with Crippen LogP contribution in [0.25, 0.3) is 5.69 Å². The molecule has 1 aliphatic rings. The lowest BCUT2D eigenvalue weighted by atomic mass is 9.95. The fourth-order valence-electron chi connectivity index (χ4n) is 2.63. The summed E-state index contributed by atoms with van der Waals surface area (Å²) in [5, 5.41) is 11.3. The third-order valence-electron chi connectivity index (χ3n) is 4.04. The molecule has 23 heavy (non-hydrogen) atoms. The van der Waals surface area contributed by atoms with Gasteiger partial charge in [0.05, 0.1) is 5.69 Å². The Labute approximate surface area is 146 Å². The molecule has 2 unspecified atom stereocenters. The zero-order valence-electron chi connectivity index (χ0n) is 12.8. The molecule has 1 saturated heterocycles. The van der Waals surface area contributed by atoms with Crippen LogP contribution in [0.1, 0.15) is 23.8 Å². The number of benzene rings is 1. The molecule has 0 saturated carbocycles. The van der Waals surface area contributed by atoms with Crippen LogP contribution in [0.4, 0.5) is 0 Å². The van der Waals surface area contributed by atoms with E-state index in [1.165, 1.54) is 0 Å². The van der Waals surface area contributed by atoms with E-state index in [0.29, 0.717) is 16.6 Å². The Morgan fingerprint density at radius 2 is 2.26 bits per heavy atom. The van der Waals surface area contributed by atoms with Crippen LogP contribution >= 0.6 is 24.0 Å². The summed E-state index contributed by atoms with van der Waals surface area (Å²) in [6.07, 6.45) is 2.84. The molecule has 1 fully saturated rings. The van der Waals surface area contributed by atoms with Gasteiger partial charge in [-0.05, 0) is 43.1 Å². The molecular weight excluding hydrogens is 335 g/mol. The van der Waals surface area contributed by atoms with Gasteiger partial charge in [0, 0.05) is 23.8 Å². The van der Waals surface area contributed by atoms with Crippen molar-refractivity contribution in [1.82, 2.24) is 20.4 Å². The van der Waals surface area contributed by atoms with Crippen molar-refractivity contribution in [2.75, 3.05) is 13.1 Å². The van der Waals surface area contributed by atoms with Gasteiger partial charge in [0.2, 0.25) is 0 Å². The Kier molecular flexibility index (Phi) is 6.04. The predicted molar refractivity (Wildman–Crippen MR) is 93.7 cm³/mol. The highest BCUT2D eigenvalue weighted by Gasteiger charge is 2.23. The standard InChI is InChI=1S/C16H19ClN4O.ClH/c1-11-5-7-18-10-15(11)19-16(22)14-6-8-21(20-14)13-4-2-3-12(17)9-13;/h2-4,6,8-9,11,15,18H,5,7,10H2,1H3,(H,19,22);1H. The molecule has 1 aromatic carbocycles. The highest BCUT2D eigenvalue weighted by molar-refractivity contribution is 6.30. The zero-order valence-corrected chi connectivity index (χ0v) is 14.4. The van der Waals surface area contributed by atoms with Gasteiger partial charge >= 0.3 is 0 Å². The number of piperidine rings is 1.